The molecule has 3 rings (SSSR count). The molecule has 2 amide bonds. The lowest BCUT2D eigenvalue weighted by Crippen LogP contribution is -2.41. The summed E-state index contributed by atoms with van der Waals surface area (Å²) in [5.74, 6) is 0.462. The topological polar surface area (TPSA) is 52.6 Å². The van der Waals surface area contributed by atoms with Crippen molar-refractivity contribution in [1.29, 1.82) is 0 Å². The first-order chi connectivity index (χ1) is 12.1. The van der Waals surface area contributed by atoms with Crippen LogP contribution < -0.4 is 5.32 Å². The first-order valence-corrected chi connectivity index (χ1v) is 8.70. The third kappa shape index (κ3) is 4.72. The molecule has 0 aromatic heterocycles. The molecule has 0 spiro atoms. The van der Waals surface area contributed by atoms with Crippen molar-refractivity contribution in [1.82, 2.24) is 4.90 Å². The van der Waals surface area contributed by atoms with E-state index in [1.54, 1.807) is 35.2 Å². The van der Waals surface area contributed by atoms with Crippen molar-refractivity contribution in [2.24, 2.45) is 5.92 Å². The number of phenolic OH excluding ortho intramolecular Hbond substituents is 1. The van der Waals surface area contributed by atoms with Crippen LogP contribution in [0.2, 0.25) is 0 Å². The van der Waals surface area contributed by atoms with Crippen LogP contribution in [0.5, 0.6) is 5.75 Å². The summed E-state index contributed by atoms with van der Waals surface area (Å²) < 4.78 is 13.6. The zero-order chi connectivity index (χ0) is 17.6. The molecule has 25 heavy (non-hydrogen) atoms. The molecule has 0 atom stereocenters. The number of halogens is 1. The highest BCUT2D eigenvalue weighted by molar-refractivity contribution is 5.89. The number of nitrogens with one attached hydrogen (secondary N) is 1. The number of hydrogen-bond acceptors (Lipinski definition) is 2. The Hall–Kier alpha value is -2.56. The van der Waals surface area contributed by atoms with Gasteiger partial charge < -0.3 is 15.3 Å². The van der Waals surface area contributed by atoms with E-state index in [9.17, 15) is 14.3 Å². The van der Waals surface area contributed by atoms with E-state index < -0.39 is 5.82 Å². The molecule has 0 aliphatic carbocycles. The second-order valence-corrected chi connectivity index (χ2v) is 6.55. The number of likely N-dealkylation sites (tertiary alicyclic amines) is 1. The van der Waals surface area contributed by atoms with Gasteiger partial charge in [-0.15, -0.1) is 0 Å². The van der Waals surface area contributed by atoms with E-state index in [2.05, 4.69) is 5.32 Å². The molecule has 0 unspecified atom stereocenters. The summed E-state index contributed by atoms with van der Waals surface area (Å²) in [4.78, 5) is 14.0. The van der Waals surface area contributed by atoms with Crippen LogP contribution in [0.1, 0.15) is 24.8 Å². The highest BCUT2D eigenvalue weighted by Gasteiger charge is 2.23. The minimum absolute atomic E-state index is 0.224. The smallest absolute Gasteiger partial charge is 0.321 e. The molecule has 0 bridgehead atoms. The van der Waals surface area contributed by atoms with Crippen LogP contribution in [0.25, 0.3) is 0 Å². The van der Waals surface area contributed by atoms with Gasteiger partial charge in [0.1, 0.15) is 11.6 Å². The van der Waals surface area contributed by atoms with Crippen LogP contribution >= 0.6 is 0 Å². The van der Waals surface area contributed by atoms with E-state index in [-0.39, 0.29) is 17.5 Å². The maximum atomic E-state index is 13.6. The molecule has 1 aliphatic heterocycles. The van der Waals surface area contributed by atoms with Gasteiger partial charge in [-0.2, -0.15) is 0 Å². The minimum Gasteiger partial charge on any atom is -0.508 e. The Balaban J connectivity index is 1.44. The third-order valence-corrected chi connectivity index (χ3v) is 4.79. The molecule has 1 aliphatic rings. The number of aromatic hydroxyl groups is 1. The number of anilines is 1. The maximum absolute atomic E-state index is 13.6. The SMILES string of the molecule is O=C(Nc1ccccc1F)N1CCC(CCc2ccc(O)cc2)CC1. The fourth-order valence-electron chi connectivity index (χ4n) is 3.21. The van der Waals surface area contributed by atoms with E-state index in [0.717, 1.165) is 25.7 Å². The highest BCUT2D eigenvalue weighted by atomic mass is 19.1. The molecule has 1 saturated heterocycles. The van der Waals surface area contributed by atoms with Crippen LogP contribution in [0.4, 0.5) is 14.9 Å². The summed E-state index contributed by atoms with van der Waals surface area (Å²) in [5.41, 5.74) is 1.44. The fourth-order valence-corrected chi connectivity index (χ4v) is 3.21. The van der Waals surface area contributed by atoms with E-state index in [1.807, 2.05) is 12.1 Å². The number of benzene rings is 2. The second kappa shape index (κ2) is 8.01. The molecule has 1 heterocycles. The zero-order valence-electron chi connectivity index (χ0n) is 14.1. The molecular weight excluding hydrogens is 319 g/mol. The number of aryl methyl sites for hydroxylation is 1. The minimum atomic E-state index is -0.417. The van der Waals surface area contributed by atoms with Crippen LogP contribution in [0, 0.1) is 11.7 Å². The molecule has 5 heteroatoms. The van der Waals surface area contributed by atoms with Gasteiger partial charge in [-0.05, 0) is 61.4 Å². The van der Waals surface area contributed by atoms with Gasteiger partial charge >= 0.3 is 6.03 Å². The Morgan fingerprint density at radius 3 is 2.48 bits per heavy atom. The molecule has 2 aromatic rings. The quantitative estimate of drug-likeness (QED) is 0.865. The number of carbonyl (C=O) groups is 1. The number of para-hydroxylation sites is 1. The van der Waals surface area contributed by atoms with Gasteiger partial charge in [0.2, 0.25) is 0 Å². The van der Waals surface area contributed by atoms with Gasteiger partial charge in [0.15, 0.2) is 0 Å². The first-order valence-electron chi connectivity index (χ1n) is 8.70. The summed E-state index contributed by atoms with van der Waals surface area (Å²) in [6.07, 6.45) is 3.98. The monoisotopic (exact) mass is 342 g/mol. The fraction of sp³-hybridized carbons (Fsp3) is 0.350. The standard InChI is InChI=1S/C20H23FN2O2/c21-18-3-1-2-4-19(18)22-20(25)23-13-11-16(12-14-23)6-5-15-7-9-17(24)10-8-15/h1-4,7-10,16,24H,5-6,11-14H2,(H,22,25). The number of piperidine rings is 1. The normalized spacial score (nSPS) is 15.2. The Kier molecular flexibility index (Phi) is 5.53. The Bertz CT molecular complexity index is 710. The van der Waals surface area contributed by atoms with Crippen molar-refractivity contribution in [3.63, 3.8) is 0 Å². The Morgan fingerprint density at radius 1 is 1.12 bits per heavy atom. The molecule has 1 fully saturated rings. The van der Waals surface area contributed by atoms with Crippen molar-refractivity contribution >= 4 is 11.7 Å². The van der Waals surface area contributed by atoms with Crippen LogP contribution in [0.3, 0.4) is 0 Å². The predicted octanol–water partition coefficient (Wildman–Crippen LogP) is 4.41. The van der Waals surface area contributed by atoms with E-state index in [4.69, 9.17) is 0 Å². The summed E-state index contributed by atoms with van der Waals surface area (Å²) in [6, 6.07) is 13.3. The lowest BCUT2D eigenvalue weighted by Gasteiger charge is -2.32. The van der Waals surface area contributed by atoms with Crippen LogP contribution in [-0.4, -0.2) is 29.1 Å². The summed E-state index contributed by atoms with van der Waals surface area (Å²) in [6.45, 7) is 1.39. The number of hydrogen-bond donors (Lipinski definition) is 2. The average molecular weight is 342 g/mol. The number of rotatable bonds is 4. The van der Waals surface area contributed by atoms with Crippen LogP contribution in [0.15, 0.2) is 48.5 Å². The number of amides is 2. The van der Waals surface area contributed by atoms with Gasteiger partial charge in [0, 0.05) is 13.1 Å². The van der Waals surface area contributed by atoms with Crippen molar-refractivity contribution in [2.45, 2.75) is 25.7 Å². The summed E-state index contributed by atoms with van der Waals surface area (Å²) in [7, 11) is 0. The van der Waals surface area contributed by atoms with Gasteiger partial charge in [-0.25, -0.2) is 9.18 Å². The summed E-state index contributed by atoms with van der Waals surface area (Å²) >= 11 is 0. The van der Waals surface area contributed by atoms with Crippen molar-refractivity contribution in [3.05, 3.63) is 59.9 Å². The summed E-state index contributed by atoms with van der Waals surface area (Å²) in [5, 5.41) is 12.0. The molecule has 132 valence electrons. The van der Waals surface area contributed by atoms with Gasteiger partial charge in [-0.3, -0.25) is 0 Å². The molecule has 4 nitrogen and oxygen atoms in total. The highest BCUT2D eigenvalue weighted by Crippen LogP contribution is 2.24. The molecule has 0 saturated carbocycles. The third-order valence-electron chi connectivity index (χ3n) is 4.79. The zero-order valence-corrected chi connectivity index (χ0v) is 14.1. The first kappa shape index (κ1) is 17.3. The molecule has 2 aromatic carbocycles. The van der Waals surface area contributed by atoms with Gasteiger partial charge in [-0.1, -0.05) is 24.3 Å². The van der Waals surface area contributed by atoms with Crippen molar-refractivity contribution in [3.8, 4) is 5.75 Å². The predicted molar refractivity (Wildman–Crippen MR) is 96.1 cm³/mol. The van der Waals surface area contributed by atoms with E-state index in [1.165, 1.54) is 11.6 Å². The van der Waals surface area contributed by atoms with E-state index >= 15 is 0 Å². The molecule has 0 radical (unpaired) electrons. The Morgan fingerprint density at radius 2 is 1.80 bits per heavy atom. The second-order valence-electron chi connectivity index (χ2n) is 6.55. The maximum Gasteiger partial charge on any atom is 0.321 e. The lowest BCUT2D eigenvalue weighted by molar-refractivity contribution is 0.180. The van der Waals surface area contributed by atoms with Gasteiger partial charge in [0.05, 0.1) is 5.69 Å². The van der Waals surface area contributed by atoms with Crippen molar-refractivity contribution in [2.75, 3.05) is 18.4 Å². The number of urea groups is 1. The number of nitrogens with zero attached hydrogens (tertiary/aromatic N) is 1. The molecule has 2 N–H and O–H groups in total. The number of phenols is 1. The van der Waals surface area contributed by atoms with Crippen LogP contribution in [-0.2, 0) is 6.42 Å². The lowest BCUT2D eigenvalue weighted by atomic mass is 9.90. The van der Waals surface area contributed by atoms with Gasteiger partial charge in [0.25, 0.3) is 0 Å². The number of carbonyl (C=O) groups excluding carboxylic acids is 1. The Labute approximate surface area is 147 Å². The molecular formula is C20H23FN2O2. The van der Waals surface area contributed by atoms with Crippen molar-refractivity contribution < 1.29 is 14.3 Å². The largest absolute Gasteiger partial charge is 0.508 e. The average Bonchev–Trinajstić information content (AvgIpc) is 2.63. The van der Waals surface area contributed by atoms with E-state index in [0.29, 0.717) is 19.0 Å².